The Morgan fingerprint density at radius 2 is 1.53 bits per heavy atom. The zero-order valence-electron chi connectivity index (χ0n) is 9.81. The van der Waals surface area contributed by atoms with E-state index in [1.807, 2.05) is 18.2 Å². The summed E-state index contributed by atoms with van der Waals surface area (Å²) in [7, 11) is 0. The van der Waals surface area contributed by atoms with Crippen LogP contribution in [-0.4, -0.2) is 0 Å². The van der Waals surface area contributed by atoms with Gasteiger partial charge in [0.25, 0.3) is 0 Å². The third-order valence-corrected chi connectivity index (χ3v) is 3.85. The summed E-state index contributed by atoms with van der Waals surface area (Å²) in [5.41, 5.74) is 0.778. The summed E-state index contributed by atoms with van der Waals surface area (Å²) in [5, 5.41) is 1.30. The molecule has 0 aromatic heterocycles. The van der Waals surface area contributed by atoms with E-state index in [0.717, 1.165) is 5.56 Å². The fraction of sp³-hybridized carbons (Fsp3) is 0.467. The van der Waals surface area contributed by atoms with Gasteiger partial charge in [-0.3, -0.25) is 0 Å². The molecular formula is C15H16Cl2. The van der Waals surface area contributed by atoms with E-state index in [1.165, 1.54) is 38.5 Å². The van der Waals surface area contributed by atoms with Crippen LogP contribution in [0.25, 0.3) is 0 Å². The number of hydrogen-bond donors (Lipinski definition) is 0. The highest BCUT2D eigenvalue weighted by molar-refractivity contribution is 6.36. The molecule has 0 bridgehead atoms. The predicted octanol–water partition coefficient (Wildman–Crippen LogP) is 5.32. The van der Waals surface area contributed by atoms with Gasteiger partial charge in [-0.25, -0.2) is 0 Å². The van der Waals surface area contributed by atoms with Crippen molar-refractivity contribution in [3.8, 4) is 11.8 Å². The monoisotopic (exact) mass is 266 g/mol. The maximum atomic E-state index is 6.09. The van der Waals surface area contributed by atoms with Crippen molar-refractivity contribution in [2.45, 2.75) is 38.5 Å². The number of benzene rings is 1. The van der Waals surface area contributed by atoms with E-state index in [2.05, 4.69) is 11.8 Å². The molecule has 0 atom stereocenters. The van der Waals surface area contributed by atoms with Gasteiger partial charge in [-0.15, -0.1) is 0 Å². The molecule has 0 N–H and O–H groups in total. The lowest BCUT2D eigenvalue weighted by atomic mass is 10.0. The summed E-state index contributed by atoms with van der Waals surface area (Å²) in [4.78, 5) is 0. The van der Waals surface area contributed by atoms with Gasteiger partial charge in [-0.05, 0) is 25.0 Å². The van der Waals surface area contributed by atoms with Crippen molar-refractivity contribution in [3.05, 3.63) is 33.8 Å². The van der Waals surface area contributed by atoms with E-state index in [0.29, 0.717) is 16.0 Å². The Bertz CT molecular complexity index is 412. The molecule has 0 heterocycles. The van der Waals surface area contributed by atoms with Gasteiger partial charge < -0.3 is 0 Å². The average Bonchev–Trinajstić information content (AvgIpc) is 2.57. The van der Waals surface area contributed by atoms with E-state index in [9.17, 15) is 0 Å². The smallest absolute Gasteiger partial charge is 0.0618 e. The zero-order chi connectivity index (χ0) is 12.1. The van der Waals surface area contributed by atoms with E-state index >= 15 is 0 Å². The summed E-state index contributed by atoms with van der Waals surface area (Å²) in [6.07, 6.45) is 7.74. The summed E-state index contributed by atoms with van der Waals surface area (Å²) >= 11 is 12.2. The lowest BCUT2D eigenvalue weighted by Crippen LogP contribution is -1.94. The van der Waals surface area contributed by atoms with Crippen molar-refractivity contribution >= 4 is 23.2 Å². The summed E-state index contributed by atoms with van der Waals surface area (Å²) in [6.45, 7) is 0. The fourth-order valence-corrected chi connectivity index (χ4v) is 2.71. The quantitative estimate of drug-likeness (QED) is 0.441. The molecule has 0 unspecified atom stereocenters. The normalized spacial score (nSPS) is 17.1. The Balaban J connectivity index is 2.14. The summed E-state index contributed by atoms with van der Waals surface area (Å²) in [5.74, 6) is 7.02. The topological polar surface area (TPSA) is 0 Å². The highest BCUT2D eigenvalue weighted by Gasteiger charge is 2.09. The minimum atomic E-state index is 0.518. The van der Waals surface area contributed by atoms with Crippen LogP contribution < -0.4 is 0 Å². The van der Waals surface area contributed by atoms with E-state index in [4.69, 9.17) is 23.2 Å². The lowest BCUT2D eigenvalue weighted by molar-refractivity contribution is 0.577. The highest BCUT2D eigenvalue weighted by atomic mass is 35.5. The van der Waals surface area contributed by atoms with E-state index in [-0.39, 0.29) is 0 Å². The maximum absolute atomic E-state index is 6.09. The molecule has 2 rings (SSSR count). The number of hydrogen-bond acceptors (Lipinski definition) is 0. The van der Waals surface area contributed by atoms with Crippen molar-refractivity contribution in [1.82, 2.24) is 0 Å². The Morgan fingerprint density at radius 1 is 0.941 bits per heavy atom. The molecule has 90 valence electrons. The molecule has 1 fully saturated rings. The van der Waals surface area contributed by atoms with Gasteiger partial charge in [0, 0.05) is 5.92 Å². The van der Waals surface area contributed by atoms with Crippen LogP contribution in [0.3, 0.4) is 0 Å². The Kier molecular flexibility index (Phi) is 4.77. The van der Waals surface area contributed by atoms with Gasteiger partial charge in [0.1, 0.15) is 0 Å². The first-order valence-corrected chi connectivity index (χ1v) is 6.98. The first kappa shape index (κ1) is 12.8. The Hall–Kier alpha value is -0.640. The van der Waals surface area contributed by atoms with Crippen LogP contribution >= 0.6 is 23.2 Å². The Labute approximate surface area is 113 Å². The van der Waals surface area contributed by atoms with Crippen molar-refractivity contribution in [1.29, 1.82) is 0 Å². The molecule has 0 radical (unpaired) electrons. The van der Waals surface area contributed by atoms with Crippen LogP contribution in [0.5, 0.6) is 0 Å². The first-order valence-electron chi connectivity index (χ1n) is 6.23. The summed E-state index contributed by atoms with van der Waals surface area (Å²) < 4.78 is 0. The SMILES string of the molecule is Clc1cccc(Cl)c1C#CC1CCCCCC1. The van der Waals surface area contributed by atoms with Crippen LogP contribution in [0.2, 0.25) is 10.0 Å². The van der Waals surface area contributed by atoms with Gasteiger partial charge in [0.05, 0.1) is 15.6 Å². The zero-order valence-corrected chi connectivity index (χ0v) is 11.3. The number of halogens is 2. The molecule has 0 spiro atoms. The van der Waals surface area contributed by atoms with Gasteiger partial charge in [-0.1, -0.05) is 66.8 Å². The Morgan fingerprint density at radius 3 is 2.12 bits per heavy atom. The van der Waals surface area contributed by atoms with Crippen molar-refractivity contribution in [2.24, 2.45) is 5.92 Å². The molecule has 1 aromatic rings. The second-order valence-electron chi connectivity index (χ2n) is 4.55. The molecule has 1 saturated carbocycles. The van der Waals surface area contributed by atoms with Crippen molar-refractivity contribution in [3.63, 3.8) is 0 Å². The molecule has 17 heavy (non-hydrogen) atoms. The molecule has 0 nitrogen and oxygen atoms in total. The number of rotatable bonds is 0. The van der Waals surface area contributed by atoms with E-state index < -0.39 is 0 Å². The third kappa shape index (κ3) is 3.66. The fourth-order valence-electron chi connectivity index (χ4n) is 2.22. The molecular weight excluding hydrogens is 251 g/mol. The largest absolute Gasteiger partial charge is 0.0944 e. The minimum Gasteiger partial charge on any atom is -0.0944 e. The van der Waals surface area contributed by atoms with Gasteiger partial charge in [0.15, 0.2) is 0 Å². The predicted molar refractivity (Wildman–Crippen MR) is 74.5 cm³/mol. The van der Waals surface area contributed by atoms with Crippen LogP contribution in [0, 0.1) is 17.8 Å². The van der Waals surface area contributed by atoms with E-state index in [1.54, 1.807) is 0 Å². The average molecular weight is 267 g/mol. The second kappa shape index (κ2) is 6.34. The molecule has 0 saturated heterocycles. The highest BCUT2D eigenvalue weighted by Crippen LogP contribution is 2.25. The van der Waals surface area contributed by atoms with Crippen LogP contribution in [-0.2, 0) is 0 Å². The molecule has 0 aliphatic heterocycles. The van der Waals surface area contributed by atoms with Crippen molar-refractivity contribution in [2.75, 3.05) is 0 Å². The second-order valence-corrected chi connectivity index (χ2v) is 5.37. The molecule has 1 aromatic carbocycles. The standard InChI is InChI=1S/C15H16Cl2/c16-14-8-5-9-15(17)13(14)11-10-12-6-3-1-2-4-7-12/h5,8-9,12H,1-4,6-7H2. The maximum Gasteiger partial charge on any atom is 0.0618 e. The van der Waals surface area contributed by atoms with Crippen molar-refractivity contribution < 1.29 is 0 Å². The van der Waals surface area contributed by atoms with Gasteiger partial charge in [0.2, 0.25) is 0 Å². The molecule has 0 amide bonds. The molecule has 2 heteroatoms. The summed E-state index contributed by atoms with van der Waals surface area (Å²) in [6, 6.07) is 5.52. The van der Waals surface area contributed by atoms with Crippen LogP contribution in [0.4, 0.5) is 0 Å². The minimum absolute atomic E-state index is 0.518. The van der Waals surface area contributed by atoms with Crippen LogP contribution in [0.1, 0.15) is 44.1 Å². The van der Waals surface area contributed by atoms with Gasteiger partial charge in [-0.2, -0.15) is 0 Å². The van der Waals surface area contributed by atoms with Gasteiger partial charge >= 0.3 is 0 Å². The van der Waals surface area contributed by atoms with Crippen LogP contribution in [0.15, 0.2) is 18.2 Å². The molecule has 1 aliphatic rings. The lowest BCUT2D eigenvalue weighted by Gasteiger charge is -2.04. The first-order chi connectivity index (χ1) is 8.27. The molecule has 1 aliphatic carbocycles. The third-order valence-electron chi connectivity index (χ3n) is 3.22.